The van der Waals surface area contributed by atoms with Crippen LogP contribution >= 0.6 is 0 Å². The molecule has 0 aromatic heterocycles. The highest BCUT2D eigenvalue weighted by Crippen LogP contribution is 2.49. The Balaban J connectivity index is 1.75. The summed E-state index contributed by atoms with van der Waals surface area (Å²) in [5.41, 5.74) is -0.707. The molecular weight excluding hydrogens is 268 g/mol. The summed E-state index contributed by atoms with van der Waals surface area (Å²) in [5, 5.41) is 5.82. The normalized spacial score (nSPS) is 29.0. The van der Waals surface area contributed by atoms with Crippen LogP contribution in [-0.4, -0.2) is 31.7 Å². The third-order valence-corrected chi connectivity index (χ3v) is 5.22. The molecule has 2 aliphatic carbocycles. The molecule has 21 heavy (non-hydrogen) atoms. The maximum atomic E-state index is 12.0. The standard InChI is InChI=1S/C16H28N2O3/c1-10(13-8-11-5-6-12(13)7-11)18-15(20)17-9-16(2,3)14(19)21-4/h10-13H,5-9H2,1-4H3,(H2,17,18,20). The SMILES string of the molecule is COC(=O)C(C)(C)CNC(=O)NC(C)C1CC2CCC1C2. The first kappa shape index (κ1) is 16.1. The number of fused-ring (bicyclic) bond motifs is 2. The molecule has 2 saturated carbocycles. The summed E-state index contributed by atoms with van der Waals surface area (Å²) in [6, 6.07) is 0.00351. The fraction of sp³-hybridized carbons (Fsp3) is 0.875. The highest BCUT2D eigenvalue weighted by molar-refractivity contribution is 5.78. The van der Waals surface area contributed by atoms with Crippen molar-refractivity contribution in [3.63, 3.8) is 0 Å². The fourth-order valence-corrected chi connectivity index (χ4v) is 3.92. The van der Waals surface area contributed by atoms with Gasteiger partial charge in [-0.3, -0.25) is 4.79 Å². The smallest absolute Gasteiger partial charge is 0.315 e. The van der Waals surface area contributed by atoms with Crippen molar-refractivity contribution in [2.75, 3.05) is 13.7 Å². The molecule has 4 atom stereocenters. The number of hydrogen-bond donors (Lipinski definition) is 2. The van der Waals surface area contributed by atoms with Gasteiger partial charge in [-0.1, -0.05) is 6.42 Å². The van der Waals surface area contributed by atoms with Crippen molar-refractivity contribution < 1.29 is 14.3 Å². The van der Waals surface area contributed by atoms with E-state index in [1.807, 2.05) is 0 Å². The second kappa shape index (κ2) is 6.24. The number of esters is 1. The number of carbonyl (C=O) groups is 2. The molecule has 5 heteroatoms. The van der Waals surface area contributed by atoms with Gasteiger partial charge >= 0.3 is 12.0 Å². The highest BCUT2D eigenvalue weighted by Gasteiger charge is 2.42. The predicted octanol–water partition coefficient (Wildman–Crippen LogP) is 2.31. The zero-order chi connectivity index (χ0) is 15.6. The Kier molecular flexibility index (Phi) is 4.79. The number of amides is 2. The molecule has 0 aliphatic heterocycles. The Morgan fingerprint density at radius 3 is 2.52 bits per heavy atom. The number of methoxy groups -OCH3 is 1. The number of urea groups is 1. The van der Waals surface area contributed by atoms with Gasteiger partial charge in [0.1, 0.15) is 0 Å². The molecular formula is C16H28N2O3. The van der Waals surface area contributed by atoms with Crippen molar-refractivity contribution in [1.29, 1.82) is 0 Å². The quantitative estimate of drug-likeness (QED) is 0.765. The molecule has 4 unspecified atom stereocenters. The van der Waals surface area contributed by atoms with E-state index in [0.717, 1.165) is 11.8 Å². The minimum absolute atomic E-state index is 0.192. The molecule has 2 fully saturated rings. The van der Waals surface area contributed by atoms with Crippen LogP contribution in [0.3, 0.4) is 0 Å². The number of nitrogens with one attached hydrogen (secondary N) is 2. The van der Waals surface area contributed by atoms with E-state index in [1.54, 1.807) is 13.8 Å². The third kappa shape index (κ3) is 3.69. The van der Waals surface area contributed by atoms with Crippen LogP contribution < -0.4 is 10.6 Å². The van der Waals surface area contributed by atoms with Gasteiger partial charge in [-0.15, -0.1) is 0 Å². The lowest BCUT2D eigenvalue weighted by molar-refractivity contribution is -0.150. The number of ether oxygens (including phenoxy) is 1. The Morgan fingerprint density at radius 2 is 2.00 bits per heavy atom. The molecule has 2 rings (SSSR count). The van der Waals surface area contributed by atoms with Crippen LogP contribution in [0.4, 0.5) is 4.79 Å². The third-order valence-electron chi connectivity index (χ3n) is 5.22. The van der Waals surface area contributed by atoms with Crippen molar-refractivity contribution in [2.24, 2.45) is 23.2 Å². The Hall–Kier alpha value is -1.26. The van der Waals surface area contributed by atoms with Gasteiger partial charge in [0.25, 0.3) is 0 Å². The van der Waals surface area contributed by atoms with Gasteiger partial charge in [-0.05, 0) is 57.8 Å². The Labute approximate surface area is 127 Å². The van der Waals surface area contributed by atoms with E-state index < -0.39 is 5.41 Å². The average Bonchev–Trinajstić information content (AvgIpc) is 3.06. The maximum Gasteiger partial charge on any atom is 0.315 e. The summed E-state index contributed by atoms with van der Waals surface area (Å²) in [4.78, 5) is 23.6. The first-order valence-corrected chi connectivity index (χ1v) is 7.96. The predicted molar refractivity (Wildman–Crippen MR) is 80.7 cm³/mol. The number of carbonyl (C=O) groups excluding carboxylic acids is 2. The van der Waals surface area contributed by atoms with E-state index in [9.17, 15) is 9.59 Å². The van der Waals surface area contributed by atoms with Crippen LogP contribution in [-0.2, 0) is 9.53 Å². The van der Waals surface area contributed by atoms with E-state index in [2.05, 4.69) is 17.6 Å². The first-order chi connectivity index (χ1) is 9.83. The molecule has 2 aliphatic rings. The second-order valence-electron chi connectivity index (χ2n) is 7.33. The topological polar surface area (TPSA) is 67.4 Å². The largest absolute Gasteiger partial charge is 0.469 e. The average molecular weight is 296 g/mol. The van der Waals surface area contributed by atoms with E-state index in [0.29, 0.717) is 5.92 Å². The van der Waals surface area contributed by atoms with Crippen molar-refractivity contribution in [2.45, 2.75) is 52.5 Å². The van der Waals surface area contributed by atoms with Gasteiger partial charge in [0.05, 0.1) is 12.5 Å². The Bertz CT molecular complexity index is 408. The van der Waals surface area contributed by atoms with E-state index in [4.69, 9.17) is 4.74 Å². The van der Waals surface area contributed by atoms with Gasteiger partial charge < -0.3 is 15.4 Å². The lowest BCUT2D eigenvalue weighted by atomic mass is 9.84. The molecule has 2 amide bonds. The molecule has 0 aromatic rings. The van der Waals surface area contributed by atoms with E-state index in [1.165, 1.54) is 32.8 Å². The molecule has 2 bridgehead atoms. The fourth-order valence-electron chi connectivity index (χ4n) is 3.92. The van der Waals surface area contributed by atoms with Crippen molar-refractivity contribution in [3.8, 4) is 0 Å². The summed E-state index contributed by atoms with van der Waals surface area (Å²) in [5.74, 6) is 1.97. The van der Waals surface area contributed by atoms with Crippen molar-refractivity contribution >= 4 is 12.0 Å². The lowest BCUT2D eigenvalue weighted by Gasteiger charge is -2.29. The second-order valence-corrected chi connectivity index (χ2v) is 7.33. The maximum absolute atomic E-state index is 12.0. The zero-order valence-corrected chi connectivity index (χ0v) is 13.6. The monoisotopic (exact) mass is 296 g/mol. The molecule has 0 saturated heterocycles. The lowest BCUT2D eigenvalue weighted by Crippen LogP contribution is -2.48. The Morgan fingerprint density at radius 1 is 1.29 bits per heavy atom. The summed E-state index contributed by atoms with van der Waals surface area (Å²) < 4.78 is 4.73. The minimum atomic E-state index is -0.707. The molecule has 0 spiro atoms. The van der Waals surface area contributed by atoms with Crippen LogP contribution in [0, 0.1) is 23.2 Å². The molecule has 0 aromatic carbocycles. The van der Waals surface area contributed by atoms with Crippen molar-refractivity contribution in [3.05, 3.63) is 0 Å². The summed E-state index contributed by atoms with van der Waals surface area (Å²) >= 11 is 0. The molecule has 0 heterocycles. The molecule has 120 valence electrons. The minimum Gasteiger partial charge on any atom is -0.469 e. The summed E-state index contributed by atoms with van der Waals surface area (Å²) in [6.07, 6.45) is 5.28. The van der Waals surface area contributed by atoms with E-state index >= 15 is 0 Å². The van der Waals surface area contributed by atoms with Gasteiger partial charge in [0, 0.05) is 12.6 Å². The summed E-state index contributed by atoms with van der Waals surface area (Å²) in [7, 11) is 1.36. The zero-order valence-electron chi connectivity index (χ0n) is 13.6. The van der Waals surface area contributed by atoms with Crippen molar-refractivity contribution in [1.82, 2.24) is 10.6 Å². The van der Waals surface area contributed by atoms with Crippen LogP contribution in [0.2, 0.25) is 0 Å². The highest BCUT2D eigenvalue weighted by atomic mass is 16.5. The van der Waals surface area contributed by atoms with E-state index in [-0.39, 0.29) is 24.6 Å². The van der Waals surface area contributed by atoms with Crippen LogP contribution in [0.1, 0.15) is 46.5 Å². The number of hydrogen-bond acceptors (Lipinski definition) is 3. The van der Waals surface area contributed by atoms with Crippen LogP contribution in [0.25, 0.3) is 0 Å². The van der Waals surface area contributed by atoms with Gasteiger partial charge in [0.2, 0.25) is 0 Å². The summed E-state index contributed by atoms with van der Waals surface area (Å²) in [6.45, 7) is 5.89. The van der Waals surface area contributed by atoms with Gasteiger partial charge in [0.15, 0.2) is 0 Å². The molecule has 2 N–H and O–H groups in total. The molecule has 0 radical (unpaired) electrons. The first-order valence-electron chi connectivity index (χ1n) is 7.96. The van der Waals surface area contributed by atoms with Crippen LogP contribution in [0.15, 0.2) is 0 Å². The van der Waals surface area contributed by atoms with Crippen LogP contribution in [0.5, 0.6) is 0 Å². The van der Waals surface area contributed by atoms with Gasteiger partial charge in [-0.25, -0.2) is 4.79 Å². The molecule has 5 nitrogen and oxygen atoms in total. The van der Waals surface area contributed by atoms with Gasteiger partial charge in [-0.2, -0.15) is 0 Å². The number of rotatable bonds is 5.